The molecule has 3 N–H and O–H groups in total. The smallest absolute Gasteiger partial charge is 0.268 e. The number of carbonyl (C=O) groups excluding carboxylic acids is 3. The molecule has 9 nitrogen and oxygen atoms in total. The van der Waals surface area contributed by atoms with Gasteiger partial charge < -0.3 is 15.6 Å². The highest BCUT2D eigenvalue weighted by molar-refractivity contribution is 7.85. The van der Waals surface area contributed by atoms with Gasteiger partial charge in [-0.3, -0.25) is 18.6 Å². The van der Waals surface area contributed by atoms with Crippen molar-refractivity contribution in [3.63, 3.8) is 0 Å². The Kier molecular flexibility index (Phi) is 10.1. The molecular formula is C29H41N3O6S. The number of ketones is 1. The van der Waals surface area contributed by atoms with Gasteiger partial charge in [-0.1, -0.05) is 57.9 Å². The van der Waals surface area contributed by atoms with E-state index in [0.29, 0.717) is 55.5 Å². The van der Waals surface area contributed by atoms with Gasteiger partial charge in [-0.05, 0) is 54.7 Å². The summed E-state index contributed by atoms with van der Waals surface area (Å²) in [7, 11) is -3.43. The van der Waals surface area contributed by atoms with E-state index >= 15 is 0 Å². The van der Waals surface area contributed by atoms with Gasteiger partial charge in [0.05, 0.1) is 12.9 Å². The van der Waals surface area contributed by atoms with Crippen molar-refractivity contribution in [2.24, 2.45) is 5.41 Å². The molecule has 3 rings (SSSR count). The number of aryl methyl sites for hydroxylation is 1. The maximum Gasteiger partial charge on any atom is 0.268 e. The van der Waals surface area contributed by atoms with Gasteiger partial charge in [-0.25, -0.2) is 0 Å². The summed E-state index contributed by atoms with van der Waals surface area (Å²) in [5, 5.41) is 5.82. The Morgan fingerprint density at radius 2 is 1.77 bits per heavy atom. The summed E-state index contributed by atoms with van der Waals surface area (Å²) in [6.45, 7) is 8.35. The van der Waals surface area contributed by atoms with Crippen molar-refractivity contribution < 1.29 is 27.0 Å². The number of fused-ring (bicyclic) bond motifs is 1. The molecule has 1 aromatic carbocycles. The lowest BCUT2D eigenvalue weighted by molar-refractivity contribution is -0.123. The van der Waals surface area contributed by atoms with Gasteiger partial charge in [0.15, 0.2) is 5.78 Å². The first-order chi connectivity index (χ1) is 18.3. The Hall–Kier alpha value is -2.98. The zero-order valence-electron chi connectivity index (χ0n) is 23.6. The third kappa shape index (κ3) is 8.76. The van der Waals surface area contributed by atoms with Crippen LogP contribution >= 0.6 is 0 Å². The molecule has 0 radical (unpaired) electrons. The molecule has 1 aromatic heterocycles. The van der Waals surface area contributed by atoms with Crippen LogP contribution in [-0.2, 0) is 38.5 Å². The third-order valence-corrected chi connectivity index (χ3v) is 7.59. The van der Waals surface area contributed by atoms with Crippen LogP contribution < -0.4 is 10.6 Å². The number of nitrogens with one attached hydrogen (secondary N) is 3. The summed E-state index contributed by atoms with van der Waals surface area (Å²) < 4.78 is 26.9. The minimum atomic E-state index is -3.43. The summed E-state index contributed by atoms with van der Waals surface area (Å²) >= 11 is 0. The number of aromatic nitrogens is 1. The van der Waals surface area contributed by atoms with E-state index < -0.39 is 16.2 Å². The number of rotatable bonds is 13. The molecule has 0 spiro atoms. The zero-order chi connectivity index (χ0) is 28.8. The van der Waals surface area contributed by atoms with Crippen molar-refractivity contribution in [2.45, 2.75) is 85.2 Å². The monoisotopic (exact) mass is 559 g/mol. The van der Waals surface area contributed by atoms with E-state index in [1.165, 1.54) is 0 Å². The fourth-order valence-electron chi connectivity index (χ4n) is 4.99. The predicted octanol–water partition coefficient (Wildman–Crippen LogP) is 3.99. The van der Waals surface area contributed by atoms with Crippen molar-refractivity contribution in [1.82, 2.24) is 15.6 Å². The number of unbranched alkanes of at least 4 members (excludes halogenated alkanes) is 1. The van der Waals surface area contributed by atoms with Gasteiger partial charge in [-0.2, -0.15) is 8.42 Å². The van der Waals surface area contributed by atoms with Crippen LogP contribution in [0, 0.1) is 12.3 Å². The fraction of sp³-hybridized carbons (Fsp3) is 0.552. The van der Waals surface area contributed by atoms with Crippen LogP contribution in [0.4, 0.5) is 0 Å². The second-order valence-corrected chi connectivity index (χ2v) is 12.9. The molecule has 1 heterocycles. The summed E-state index contributed by atoms with van der Waals surface area (Å²) in [6, 6.07) is 7.02. The minimum Gasteiger partial charge on any atom is -0.354 e. The molecule has 0 aliphatic heterocycles. The molecule has 0 saturated carbocycles. The molecule has 1 atom stereocenters. The molecular weight excluding hydrogens is 518 g/mol. The Balaban J connectivity index is 1.59. The SMILES string of the molecule is CCCCC(NC(=O)c1[nH]c2c(c1C)C(=O)CC(C)(C)C2)C(=O)NCc1ccc(CCCOS(C)(=O)=O)cc1. The average molecular weight is 560 g/mol. The van der Waals surface area contributed by atoms with Gasteiger partial charge in [0.1, 0.15) is 11.7 Å². The maximum atomic E-state index is 13.2. The minimum absolute atomic E-state index is 0.0441. The van der Waals surface area contributed by atoms with E-state index in [1.54, 1.807) is 6.92 Å². The highest BCUT2D eigenvalue weighted by atomic mass is 32.2. The van der Waals surface area contributed by atoms with E-state index in [1.807, 2.05) is 45.0 Å². The lowest BCUT2D eigenvalue weighted by Gasteiger charge is -2.28. The summed E-state index contributed by atoms with van der Waals surface area (Å²) in [5.41, 5.74) is 4.18. The second kappa shape index (κ2) is 12.9. The molecule has 214 valence electrons. The van der Waals surface area contributed by atoms with Gasteiger partial charge in [0, 0.05) is 24.2 Å². The van der Waals surface area contributed by atoms with Gasteiger partial charge in [0.2, 0.25) is 5.91 Å². The molecule has 2 amide bonds. The van der Waals surface area contributed by atoms with Crippen LogP contribution in [0.25, 0.3) is 0 Å². The molecule has 0 bridgehead atoms. The highest BCUT2D eigenvalue weighted by Crippen LogP contribution is 2.36. The quantitative estimate of drug-likeness (QED) is 0.251. The molecule has 1 aliphatic carbocycles. The normalized spacial score (nSPS) is 15.5. The number of carbonyl (C=O) groups is 3. The van der Waals surface area contributed by atoms with Crippen molar-refractivity contribution in [3.05, 3.63) is 57.9 Å². The number of Topliss-reactive ketones (excluding diaryl/α,β-unsaturated/α-hetero) is 1. The van der Waals surface area contributed by atoms with Crippen molar-refractivity contribution in [2.75, 3.05) is 12.9 Å². The van der Waals surface area contributed by atoms with Crippen LogP contribution in [0.3, 0.4) is 0 Å². The molecule has 39 heavy (non-hydrogen) atoms. The van der Waals surface area contributed by atoms with Crippen molar-refractivity contribution in [1.29, 1.82) is 0 Å². The number of H-pyrrole nitrogens is 1. The van der Waals surface area contributed by atoms with Gasteiger partial charge in [-0.15, -0.1) is 0 Å². The maximum absolute atomic E-state index is 13.2. The fourth-order valence-corrected chi connectivity index (χ4v) is 5.41. The van der Waals surface area contributed by atoms with Crippen LogP contribution in [0.1, 0.15) is 96.1 Å². The Morgan fingerprint density at radius 3 is 2.41 bits per heavy atom. The Morgan fingerprint density at radius 1 is 1.10 bits per heavy atom. The van der Waals surface area contributed by atoms with E-state index in [-0.39, 0.29) is 29.6 Å². The number of hydrogen-bond donors (Lipinski definition) is 3. The first-order valence-electron chi connectivity index (χ1n) is 13.5. The molecule has 2 aromatic rings. The molecule has 0 fully saturated rings. The van der Waals surface area contributed by atoms with E-state index in [4.69, 9.17) is 4.18 Å². The first-order valence-corrected chi connectivity index (χ1v) is 15.4. The van der Waals surface area contributed by atoms with Crippen molar-refractivity contribution in [3.8, 4) is 0 Å². The van der Waals surface area contributed by atoms with E-state index in [0.717, 1.165) is 35.9 Å². The molecule has 10 heteroatoms. The summed E-state index contributed by atoms with van der Waals surface area (Å²) in [4.78, 5) is 42.2. The standard InChI is InChI=1S/C29H41N3O6S/c1-6-7-10-22(32-28(35)26-19(2)25-23(31-26)16-29(3,4)17-24(25)33)27(34)30-18-21-13-11-20(12-14-21)9-8-15-38-39(5,36)37/h11-14,22,31H,6-10,15-18H2,1-5H3,(H,30,34)(H,32,35). The Labute approximate surface area is 231 Å². The van der Waals surface area contributed by atoms with Crippen LogP contribution in [0.5, 0.6) is 0 Å². The lowest BCUT2D eigenvalue weighted by Crippen LogP contribution is -2.46. The number of benzene rings is 1. The van der Waals surface area contributed by atoms with Crippen LogP contribution in [-0.4, -0.2) is 49.9 Å². The summed E-state index contributed by atoms with van der Waals surface area (Å²) in [6.07, 6.45) is 5.60. The topological polar surface area (TPSA) is 134 Å². The molecule has 1 aliphatic rings. The number of aromatic amines is 1. The molecule has 1 unspecified atom stereocenters. The van der Waals surface area contributed by atoms with Crippen LogP contribution in [0.2, 0.25) is 0 Å². The van der Waals surface area contributed by atoms with E-state index in [9.17, 15) is 22.8 Å². The first kappa shape index (κ1) is 30.6. The van der Waals surface area contributed by atoms with Crippen LogP contribution in [0.15, 0.2) is 24.3 Å². The Bertz CT molecular complexity index is 1300. The van der Waals surface area contributed by atoms with Gasteiger partial charge in [0.25, 0.3) is 16.0 Å². The summed E-state index contributed by atoms with van der Waals surface area (Å²) in [5.74, 6) is -0.597. The highest BCUT2D eigenvalue weighted by Gasteiger charge is 2.35. The number of hydrogen-bond acceptors (Lipinski definition) is 6. The largest absolute Gasteiger partial charge is 0.354 e. The third-order valence-electron chi connectivity index (χ3n) is 6.99. The van der Waals surface area contributed by atoms with E-state index in [2.05, 4.69) is 15.6 Å². The number of amides is 2. The average Bonchev–Trinajstić information content (AvgIpc) is 3.18. The zero-order valence-corrected chi connectivity index (χ0v) is 24.4. The lowest BCUT2D eigenvalue weighted by atomic mass is 9.75. The molecule has 0 saturated heterocycles. The van der Waals surface area contributed by atoms with Crippen molar-refractivity contribution >= 4 is 27.7 Å². The van der Waals surface area contributed by atoms with Gasteiger partial charge >= 0.3 is 0 Å². The second-order valence-electron chi connectivity index (χ2n) is 11.3. The predicted molar refractivity (Wildman–Crippen MR) is 150 cm³/mol.